The molecule has 1 rings (SSSR count). The average molecular weight is 207 g/mol. The monoisotopic (exact) mass is 206 g/mol. The third kappa shape index (κ3) is 2.24. The summed E-state index contributed by atoms with van der Waals surface area (Å²) in [4.78, 5) is 3.94. The van der Waals surface area contributed by atoms with Crippen molar-refractivity contribution >= 4 is 23.0 Å². The molecule has 0 atom stereocenters. The van der Waals surface area contributed by atoms with Gasteiger partial charge in [-0.25, -0.2) is 4.98 Å². The summed E-state index contributed by atoms with van der Waals surface area (Å²) in [7, 11) is 0. The van der Waals surface area contributed by atoms with Crippen LogP contribution in [0.5, 0.6) is 0 Å². The lowest BCUT2D eigenvalue weighted by Gasteiger charge is -2.04. The first kappa shape index (κ1) is 10.5. The van der Waals surface area contributed by atoms with Gasteiger partial charge in [-0.3, -0.25) is 0 Å². The van der Waals surface area contributed by atoms with Crippen molar-refractivity contribution in [3.8, 4) is 0 Å². The Balaban J connectivity index is 3.24. The zero-order valence-corrected chi connectivity index (χ0v) is 8.46. The number of hydrogen-bond donors (Lipinski definition) is 1. The van der Waals surface area contributed by atoms with E-state index in [1.54, 1.807) is 18.2 Å². The number of nitrogens with zero attached hydrogens (tertiary/aromatic N) is 1. The maximum Gasteiger partial charge on any atom is 0.133 e. The minimum Gasteiger partial charge on any atom is -0.383 e. The largest absolute Gasteiger partial charge is 0.383 e. The van der Waals surface area contributed by atoms with Crippen molar-refractivity contribution in [1.82, 2.24) is 4.98 Å². The molecule has 0 spiro atoms. The van der Waals surface area contributed by atoms with Gasteiger partial charge in [0, 0.05) is 5.56 Å². The zero-order valence-electron chi connectivity index (χ0n) is 7.70. The number of aromatic nitrogens is 1. The molecule has 2 nitrogen and oxygen atoms in total. The zero-order chi connectivity index (χ0) is 10.6. The molecule has 0 saturated carbocycles. The summed E-state index contributed by atoms with van der Waals surface area (Å²) in [5.41, 5.74) is 7.40. The second-order valence-electron chi connectivity index (χ2n) is 2.63. The van der Waals surface area contributed by atoms with Crippen LogP contribution in [0, 0.1) is 0 Å². The van der Waals surface area contributed by atoms with Crippen LogP contribution in [-0.2, 0) is 0 Å². The van der Waals surface area contributed by atoms with E-state index < -0.39 is 0 Å². The molecule has 1 aromatic rings. The minimum absolute atomic E-state index is 0.383. The number of anilines is 1. The number of halogens is 1. The maximum absolute atomic E-state index is 5.71. The van der Waals surface area contributed by atoms with Crippen molar-refractivity contribution in [2.75, 3.05) is 5.73 Å². The van der Waals surface area contributed by atoms with Crippen LogP contribution in [0.15, 0.2) is 43.5 Å². The van der Waals surface area contributed by atoms with E-state index in [4.69, 9.17) is 17.3 Å². The lowest BCUT2D eigenvalue weighted by molar-refractivity contribution is 1.32. The molecule has 1 heterocycles. The van der Waals surface area contributed by atoms with E-state index in [1.807, 2.05) is 12.1 Å². The molecule has 3 heteroatoms. The number of rotatable bonds is 3. The van der Waals surface area contributed by atoms with Gasteiger partial charge >= 0.3 is 0 Å². The fraction of sp³-hybridized carbons (Fsp3) is 0. The standard InChI is InChI=1S/C11H11ClN2/c1-3-5-8(4-2)9-6-7-10(12)14-11(9)13/h3-7H,1-2H2,(H2,13,14)/b8-5+. The molecule has 72 valence electrons. The number of pyridine rings is 1. The van der Waals surface area contributed by atoms with Crippen LogP contribution in [0.3, 0.4) is 0 Å². The normalized spacial score (nSPS) is 11.1. The molecule has 0 aliphatic rings. The highest BCUT2D eigenvalue weighted by molar-refractivity contribution is 6.29. The summed E-state index contributed by atoms with van der Waals surface area (Å²) in [5, 5.41) is 0.383. The van der Waals surface area contributed by atoms with E-state index in [0.29, 0.717) is 11.0 Å². The number of nitrogen functional groups attached to an aromatic ring is 1. The third-order valence-corrected chi connectivity index (χ3v) is 1.93. The van der Waals surface area contributed by atoms with Gasteiger partial charge in [-0.1, -0.05) is 43.0 Å². The van der Waals surface area contributed by atoms with Gasteiger partial charge in [-0.15, -0.1) is 0 Å². The van der Waals surface area contributed by atoms with Gasteiger partial charge in [-0.2, -0.15) is 0 Å². The Kier molecular flexibility index (Phi) is 3.48. The first-order chi connectivity index (χ1) is 6.69. The highest BCUT2D eigenvalue weighted by Crippen LogP contribution is 2.22. The number of hydrogen-bond acceptors (Lipinski definition) is 2. The van der Waals surface area contributed by atoms with Gasteiger partial charge in [0.25, 0.3) is 0 Å². The Bertz CT molecular complexity index is 394. The van der Waals surface area contributed by atoms with Crippen LogP contribution >= 0.6 is 11.6 Å². The van der Waals surface area contributed by atoms with Crippen molar-refractivity contribution in [2.24, 2.45) is 0 Å². The van der Waals surface area contributed by atoms with E-state index in [0.717, 1.165) is 11.1 Å². The molecule has 1 aromatic heterocycles. The van der Waals surface area contributed by atoms with E-state index in [2.05, 4.69) is 18.1 Å². The Labute approximate surface area is 88.4 Å². The molecular formula is C11H11ClN2. The molecule has 0 fully saturated rings. The second kappa shape index (κ2) is 4.63. The fourth-order valence-corrected chi connectivity index (χ4v) is 1.24. The maximum atomic E-state index is 5.71. The average Bonchev–Trinajstić information content (AvgIpc) is 2.15. The summed E-state index contributed by atoms with van der Waals surface area (Å²) >= 11 is 5.69. The Hall–Kier alpha value is -1.54. The van der Waals surface area contributed by atoms with E-state index in [1.165, 1.54) is 0 Å². The highest BCUT2D eigenvalue weighted by Gasteiger charge is 2.03. The molecule has 0 aromatic carbocycles. The molecule has 0 saturated heterocycles. The molecule has 0 unspecified atom stereocenters. The lowest BCUT2D eigenvalue weighted by atomic mass is 10.1. The van der Waals surface area contributed by atoms with Gasteiger partial charge in [0.05, 0.1) is 0 Å². The molecule has 0 radical (unpaired) electrons. The molecule has 0 bridgehead atoms. The van der Waals surface area contributed by atoms with Crippen molar-refractivity contribution < 1.29 is 0 Å². The van der Waals surface area contributed by atoms with Crippen LogP contribution in [0.2, 0.25) is 5.15 Å². The van der Waals surface area contributed by atoms with E-state index in [-0.39, 0.29) is 0 Å². The summed E-state index contributed by atoms with van der Waals surface area (Å²) in [6, 6.07) is 3.50. The lowest BCUT2D eigenvalue weighted by Crippen LogP contribution is -1.96. The van der Waals surface area contributed by atoms with Crippen molar-refractivity contribution in [1.29, 1.82) is 0 Å². The van der Waals surface area contributed by atoms with Crippen LogP contribution in [0.25, 0.3) is 5.57 Å². The third-order valence-electron chi connectivity index (χ3n) is 1.72. The smallest absolute Gasteiger partial charge is 0.133 e. The predicted octanol–water partition coefficient (Wildman–Crippen LogP) is 3.07. The summed E-state index contributed by atoms with van der Waals surface area (Å²) in [6.45, 7) is 7.30. The van der Waals surface area contributed by atoms with Crippen LogP contribution < -0.4 is 5.73 Å². The molecule has 0 aliphatic heterocycles. The second-order valence-corrected chi connectivity index (χ2v) is 3.02. The quantitative estimate of drug-likeness (QED) is 0.610. The van der Waals surface area contributed by atoms with Crippen LogP contribution in [0.1, 0.15) is 5.56 Å². The first-order valence-electron chi connectivity index (χ1n) is 4.06. The van der Waals surface area contributed by atoms with E-state index in [9.17, 15) is 0 Å². The molecule has 0 amide bonds. The van der Waals surface area contributed by atoms with Crippen molar-refractivity contribution in [3.05, 3.63) is 54.2 Å². The minimum atomic E-state index is 0.383. The Morgan fingerprint density at radius 1 is 1.43 bits per heavy atom. The molecule has 14 heavy (non-hydrogen) atoms. The van der Waals surface area contributed by atoms with Crippen molar-refractivity contribution in [2.45, 2.75) is 0 Å². The molecule has 0 aliphatic carbocycles. The Morgan fingerprint density at radius 3 is 2.64 bits per heavy atom. The number of nitrogens with two attached hydrogens (primary N) is 1. The first-order valence-corrected chi connectivity index (χ1v) is 4.44. The van der Waals surface area contributed by atoms with Crippen LogP contribution in [0.4, 0.5) is 5.82 Å². The predicted molar refractivity (Wildman–Crippen MR) is 62.0 cm³/mol. The van der Waals surface area contributed by atoms with Crippen molar-refractivity contribution in [3.63, 3.8) is 0 Å². The fourth-order valence-electron chi connectivity index (χ4n) is 1.09. The molecule has 2 N–H and O–H groups in total. The molecular weight excluding hydrogens is 196 g/mol. The Morgan fingerprint density at radius 2 is 2.14 bits per heavy atom. The van der Waals surface area contributed by atoms with Gasteiger partial charge in [-0.05, 0) is 17.7 Å². The van der Waals surface area contributed by atoms with Gasteiger partial charge < -0.3 is 5.73 Å². The van der Waals surface area contributed by atoms with Gasteiger partial charge in [0.1, 0.15) is 11.0 Å². The van der Waals surface area contributed by atoms with Gasteiger partial charge in [0.2, 0.25) is 0 Å². The topological polar surface area (TPSA) is 38.9 Å². The van der Waals surface area contributed by atoms with Crippen LogP contribution in [-0.4, -0.2) is 4.98 Å². The summed E-state index contributed by atoms with van der Waals surface area (Å²) in [5.74, 6) is 0.394. The summed E-state index contributed by atoms with van der Waals surface area (Å²) < 4.78 is 0. The summed E-state index contributed by atoms with van der Waals surface area (Å²) in [6.07, 6.45) is 5.18. The highest BCUT2D eigenvalue weighted by atomic mass is 35.5. The number of allylic oxidation sites excluding steroid dienone is 4. The van der Waals surface area contributed by atoms with Gasteiger partial charge in [0.15, 0.2) is 0 Å². The SMILES string of the molecule is C=C/C=C(\C=C)c1ccc(Cl)nc1N. The van der Waals surface area contributed by atoms with E-state index >= 15 is 0 Å².